The number of hydrogen-bond acceptors (Lipinski definition) is 3. The number of anilines is 1. The third kappa shape index (κ3) is 3.25. The van der Waals surface area contributed by atoms with Crippen LogP contribution in [-0.2, 0) is 0 Å². The van der Waals surface area contributed by atoms with Gasteiger partial charge in [0.2, 0.25) is 0 Å². The Morgan fingerprint density at radius 3 is 3.16 bits per heavy atom. The molecule has 0 spiro atoms. The van der Waals surface area contributed by atoms with E-state index in [1.807, 2.05) is 35.4 Å². The third-order valence-corrected chi connectivity index (χ3v) is 4.81. The average Bonchev–Trinajstić information content (AvgIpc) is 3.35. The van der Waals surface area contributed by atoms with Gasteiger partial charge in [0.1, 0.15) is 11.9 Å². The van der Waals surface area contributed by atoms with Crippen molar-refractivity contribution in [3.8, 4) is 0 Å². The maximum absolute atomic E-state index is 12.7. The Labute approximate surface area is 145 Å². The number of carbonyl (C=O) groups excluding carboxylic acids is 1. The van der Waals surface area contributed by atoms with Gasteiger partial charge >= 0.3 is 6.03 Å². The smallest absolute Gasteiger partial charge is 0.322 e. The Kier molecular flexibility index (Phi) is 4.19. The second kappa shape index (κ2) is 6.64. The molecule has 3 N–H and O–H groups in total. The molecule has 6 heteroatoms. The van der Waals surface area contributed by atoms with Crippen LogP contribution in [-0.4, -0.2) is 33.6 Å². The summed E-state index contributed by atoms with van der Waals surface area (Å²) in [5.74, 6) is 0.546. The summed E-state index contributed by atoms with van der Waals surface area (Å²) in [6.45, 7) is 0.702. The lowest BCUT2D eigenvalue weighted by molar-refractivity contribution is 0.110. The molecular weight excluding hydrogens is 318 g/mol. The molecule has 6 nitrogen and oxygen atoms in total. The number of nitrogens with zero attached hydrogens (tertiary/aromatic N) is 1. The lowest BCUT2D eigenvalue weighted by Crippen LogP contribution is -2.39. The van der Waals surface area contributed by atoms with Crippen molar-refractivity contribution >= 4 is 22.6 Å². The number of benzene rings is 1. The summed E-state index contributed by atoms with van der Waals surface area (Å²) in [6, 6.07) is 11.2. The van der Waals surface area contributed by atoms with Crippen LogP contribution in [0.25, 0.3) is 10.9 Å². The number of amides is 2. The highest BCUT2D eigenvalue weighted by Crippen LogP contribution is 2.28. The standard InChI is InChI=1S/C19H21N3O3/c23-17(18-4-2-10-25-18)12-15-3-1-9-22(15)19(24)21-14-5-6-16-13(11-14)7-8-20-16/h2,4-8,10-11,15,17,20,23H,1,3,9,12H2,(H,21,24). The molecule has 1 fully saturated rings. The van der Waals surface area contributed by atoms with Gasteiger partial charge in [0.15, 0.2) is 0 Å². The van der Waals surface area contributed by atoms with E-state index in [1.54, 1.807) is 18.4 Å². The van der Waals surface area contributed by atoms with Crippen LogP contribution in [0.5, 0.6) is 0 Å². The minimum atomic E-state index is -0.690. The van der Waals surface area contributed by atoms with Gasteiger partial charge in [-0.3, -0.25) is 0 Å². The topological polar surface area (TPSA) is 81.5 Å². The van der Waals surface area contributed by atoms with Gasteiger partial charge in [0.25, 0.3) is 0 Å². The number of nitrogens with one attached hydrogen (secondary N) is 2. The van der Waals surface area contributed by atoms with Gasteiger partial charge in [-0.2, -0.15) is 0 Å². The van der Waals surface area contributed by atoms with Crippen LogP contribution < -0.4 is 5.32 Å². The predicted molar refractivity (Wildman–Crippen MR) is 95.3 cm³/mol. The van der Waals surface area contributed by atoms with E-state index < -0.39 is 6.10 Å². The van der Waals surface area contributed by atoms with Crippen molar-refractivity contribution in [2.45, 2.75) is 31.4 Å². The van der Waals surface area contributed by atoms with Crippen LogP contribution in [0.1, 0.15) is 31.1 Å². The van der Waals surface area contributed by atoms with Gasteiger partial charge in [-0.1, -0.05) is 0 Å². The number of urea groups is 1. The number of aromatic nitrogens is 1. The molecule has 4 rings (SSSR count). The van der Waals surface area contributed by atoms with Gasteiger partial charge in [-0.25, -0.2) is 4.79 Å². The van der Waals surface area contributed by atoms with E-state index in [0.717, 1.165) is 29.4 Å². The highest BCUT2D eigenvalue weighted by Gasteiger charge is 2.31. The van der Waals surface area contributed by atoms with Gasteiger partial charge in [0.05, 0.1) is 6.26 Å². The van der Waals surface area contributed by atoms with Crippen molar-refractivity contribution < 1.29 is 14.3 Å². The molecule has 2 atom stereocenters. The molecule has 0 saturated carbocycles. The van der Waals surface area contributed by atoms with Crippen molar-refractivity contribution in [2.24, 2.45) is 0 Å². The number of carbonyl (C=O) groups is 1. The largest absolute Gasteiger partial charge is 0.467 e. The van der Waals surface area contributed by atoms with Crippen molar-refractivity contribution in [2.75, 3.05) is 11.9 Å². The molecular formula is C19H21N3O3. The number of H-pyrrole nitrogens is 1. The van der Waals surface area contributed by atoms with E-state index in [2.05, 4.69) is 10.3 Å². The Morgan fingerprint density at radius 2 is 2.32 bits per heavy atom. The molecule has 0 bridgehead atoms. The molecule has 1 aromatic carbocycles. The fourth-order valence-electron chi connectivity index (χ4n) is 3.53. The second-order valence-corrected chi connectivity index (χ2v) is 6.47. The SMILES string of the molecule is O=C(Nc1ccc2[nH]ccc2c1)N1CCCC1CC(O)c1ccco1. The summed E-state index contributed by atoms with van der Waals surface area (Å²) in [5, 5.41) is 14.3. The van der Waals surface area contributed by atoms with E-state index in [-0.39, 0.29) is 12.1 Å². The van der Waals surface area contributed by atoms with Crippen molar-refractivity contribution in [1.82, 2.24) is 9.88 Å². The van der Waals surface area contributed by atoms with E-state index in [0.29, 0.717) is 18.7 Å². The molecule has 2 aromatic heterocycles. The number of furan rings is 1. The molecule has 1 saturated heterocycles. The summed E-state index contributed by atoms with van der Waals surface area (Å²) in [7, 11) is 0. The molecule has 0 aliphatic carbocycles. The number of likely N-dealkylation sites (tertiary alicyclic amines) is 1. The zero-order chi connectivity index (χ0) is 17.2. The van der Waals surface area contributed by atoms with Crippen LogP contribution >= 0.6 is 0 Å². The molecule has 2 unspecified atom stereocenters. The van der Waals surface area contributed by atoms with E-state index >= 15 is 0 Å². The Morgan fingerprint density at radius 1 is 1.40 bits per heavy atom. The minimum Gasteiger partial charge on any atom is -0.467 e. The van der Waals surface area contributed by atoms with Crippen LogP contribution in [0.4, 0.5) is 10.5 Å². The molecule has 1 aliphatic heterocycles. The summed E-state index contributed by atoms with van der Waals surface area (Å²) in [4.78, 5) is 17.6. The highest BCUT2D eigenvalue weighted by atomic mass is 16.4. The van der Waals surface area contributed by atoms with E-state index in [4.69, 9.17) is 4.42 Å². The number of hydrogen-bond donors (Lipinski definition) is 3. The first-order chi connectivity index (χ1) is 12.2. The first-order valence-corrected chi connectivity index (χ1v) is 8.57. The average molecular weight is 339 g/mol. The molecule has 3 aromatic rings. The van der Waals surface area contributed by atoms with Crippen molar-refractivity contribution in [3.05, 3.63) is 54.6 Å². The summed E-state index contributed by atoms with van der Waals surface area (Å²) < 4.78 is 5.26. The van der Waals surface area contributed by atoms with Gasteiger partial charge < -0.3 is 24.7 Å². The van der Waals surface area contributed by atoms with Crippen molar-refractivity contribution in [1.29, 1.82) is 0 Å². The number of fused-ring (bicyclic) bond motifs is 1. The number of aliphatic hydroxyl groups excluding tert-OH is 1. The lowest BCUT2D eigenvalue weighted by atomic mass is 10.1. The second-order valence-electron chi connectivity index (χ2n) is 6.47. The molecule has 25 heavy (non-hydrogen) atoms. The summed E-state index contributed by atoms with van der Waals surface area (Å²) in [6.07, 6.45) is 5.06. The maximum atomic E-state index is 12.7. The number of aliphatic hydroxyl groups is 1. The Bertz CT molecular complexity index is 856. The highest BCUT2D eigenvalue weighted by molar-refractivity contribution is 5.93. The summed E-state index contributed by atoms with van der Waals surface area (Å²) >= 11 is 0. The quantitative estimate of drug-likeness (QED) is 0.674. The minimum absolute atomic E-state index is 0.0103. The monoisotopic (exact) mass is 339 g/mol. The molecule has 0 radical (unpaired) electrons. The van der Waals surface area contributed by atoms with Gasteiger partial charge in [0, 0.05) is 41.8 Å². The number of rotatable bonds is 4. The Hall–Kier alpha value is -2.73. The first kappa shape index (κ1) is 15.8. The van der Waals surface area contributed by atoms with Gasteiger partial charge in [-0.15, -0.1) is 0 Å². The number of aromatic amines is 1. The molecule has 1 aliphatic rings. The van der Waals surface area contributed by atoms with Crippen LogP contribution in [0.2, 0.25) is 0 Å². The molecule has 2 amide bonds. The molecule has 3 heterocycles. The van der Waals surface area contributed by atoms with E-state index in [9.17, 15) is 9.90 Å². The van der Waals surface area contributed by atoms with Crippen molar-refractivity contribution in [3.63, 3.8) is 0 Å². The zero-order valence-corrected chi connectivity index (χ0v) is 13.8. The van der Waals surface area contributed by atoms with Crippen LogP contribution in [0.3, 0.4) is 0 Å². The van der Waals surface area contributed by atoms with Crippen LogP contribution in [0, 0.1) is 0 Å². The van der Waals surface area contributed by atoms with E-state index in [1.165, 1.54) is 0 Å². The summed E-state index contributed by atoms with van der Waals surface area (Å²) in [5.41, 5.74) is 1.81. The Balaban J connectivity index is 1.43. The fourth-order valence-corrected chi connectivity index (χ4v) is 3.53. The first-order valence-electron chi connectivity index (χ1n) is 8.57. The maximum Gasteiger partial charge on any atom is 0.322 e. The molecule has 130 valence electrons. The zero-order valence-electron chi connectivity index (χ0n) is 13.8. The lowest BCUT2D eigenvalue weighted by Gasteiger charge is -2.26. The normalized spacial score (nSPS) is 18.6. The van der Waals surface area contributed by atoms with Gasteiger partial charge in [-0.05, 0) is 49.2 Å². The fraction of sp³-hybridized carbons (Fsp3) is 0.316. The third-order valence-electron chi connectivity index (χ3n) is 4.81. The predicted octanol–water partition coefficient (Wildman–Crippen LogP) is 3.88. The van der Waals surface area contributed by atoms with Crippen LogP contribution in [0.15, 0.2) is 53.3 Å².